The number of aromatic nitrogens is 3. The summed E-state index contributed by atoms with van der Waals surface area (Å²) in [5, 5.41) is 16.5. The largest absolute Gasteiger partial charge is 0.488 e. The maximum absolute atomic E-state index is 10.6. The second-order valence-corrected chi connectivity index (χ2v) is 5.61. The Bertz CT molecular complexity index is 656. The first kappa shape index (κ1) is 13.1. The SMILES string of the molecule is O=C(O)Cc1cn(CC2Cc3cc(Br)ccc3O2)nn1. The molecule has 20 heavy (non-hydrogen) atoms. The van der Waals surface area contributed by atoms with Crippen LogP contribution >= 0.6 is 15.9 Å². The Morgan fingerprint density at radius 3 is 3.20 bits per heavy atom. The molecule has 0 radical (unpaired) electrons. The molecule has 1 aromatic heterocycles. The summed E-state index contributed by atoms with van der Waals surface area (Å²) in [6, 6.07) is 5.94. The topological polar surface area (TPSA) is 77.2 Å². The van der Waals surface area contributed by atoms with Gasteiger partial charge in [0.1, 0.15) is 11.9 Å². The Kier molecular flexibility index (Phi) is 3.43. The molecule has 1 aliphatic heterocycles. The highest BCUT2D eigenvalue weighted by atomic mass is 79.9. The van der Waals surface area contributed by atoms with Gasteiger partial charge in [-0.2, -0.15) is 0 Å². The van der Waals surface area contributed by atoms with Crippen molar-refractivity contribution in [3.8, 4) is 5.75 Å². The number of carboxylic acid groups (broad SMARTS) is 1. The van der Waals surface area contributed by atoms with Crippen molar-refractivity contribution >= 4 is 21.9 Å². The number of rotatable bonds is 4. The molecule has 0 amide bonds. The fourth-order valence-corrected chi connectivity index (χ4v) is 2.67. The van der Waals surface area contributed by atoms with Crippen LogP contribution in [0.3, 0.4) is 0 Å². The summed E-state index contributed by atoms with van der Waals surface area (Å²) in [6.45, 7) is 0.554. The third-order valence-electron chi connectivity index (χ3n) is 3.07. The normalized spacial score (nSPS) is 16.8. The minimum Gasteiger partial charge on any atom is -0.488 e. The van der Waals surface area contributed by atoms with E-state index in [2.05, 4.69) is 26.2 Å². The zero-order chi connectivity index (χ0) is 14.1. The Labute approximate surface area is 123 Å². The van der Waals surface area contributed by atoms with E-state index in [9.17, 15) is 4.79 Å². The average molecular weight is 338 g/mol. The highest BCUT2D eigenvalue weighted by Crippen LogP contribution is 2.31. The Morgan fingerprint density at radius 2 is 2.40 bits per heavy atom. The monoisotopic (exact) mass is 337 g/mol. The van der Waals surface area contributed by atoms with Crippen molar-refractivity contribution in [3.63, 3.8) is 0 Å². The molecule has 0 fully saturated rings. The van der Waals surface area contributed by atoms with Gasteiger partial charge in [0.25, 0.3) is 0 Å². The van der Waals surface area contributed by atoms with Gasteiger partial charge in [-0.25, -0.2) is 4.68 Å². The van der Waals surface area contributed by atoms with E-state index < -0.39 is 5.97 Å². The number of halogens is 1. The molecule has 0 spiro atoms. The first-order chi connectivity index (χ1) is 9.60. The fourth-order valence-electron chi connectivity index (χ4n) is 2.26. The third kappa shape index (κ3) is 2.82. The van der Waals surface area contributed by atoms with Gasteiger partial charge in [-0.15, -0.1) is 5.10 Å². The zero-order valence-corrected chi connectivity index (χ0v) is 12.1. The molecule has 6 nitrogen and oxygen atoms in total. The van der Waals surface area contributed by atoms with E-state index in [0.717, 1.165) is 22.2 Å². The van der Waals surface area contributed by atoms with E-state index in [-0.39, 0.29) is 12.5 Å². The second-order valence-electron chi connectivity index (χ2n) is 4.70. The summed E-state index contributed by atoms with van der Waals surface area (Å²) in [4.78, 5) is 10.6. The van der Waals surface area contributed by atoms with Crippen molar-refractivity contribution < 1.29 is 14.6 Å². The minimum absolute atomic E-state index is 0.00122. The summed E-state index contributed by atoms with van der Waals surface area (Å²) in [5.74, 6) is -0.0181. The predicted molar refractivity (Wildman–Crippen MR) is 73.6 cm³/mol. The van der Waals surface area contributed by atoms with E-state index in [1.165, 1.54) is 0 Å². The van der Waals surface area contributed by atoms with Gasteiger partial charge in [0.2, 0.25) is 0 Å². The van der Waals surface area contributed by atoms with Crippen molar-refractivity contribution in [1.29, 1.82) is 0 Å². The lowest BCUT2D eigenvalue weighted by Gasteiger charge is -2.09. The summed E-state index contributed by atoms with van der Waals surface area (Å²) in [7, 11) is 0. The van der Waals surface area contributed by atoms with Gasteiger partial charge in [-0.05, 0) is 23.8 Å². The zero-order valence-electron chi connectivity index (χ0n) is 10.5. The molecular weight excluding hydrogens is 326 g/mol. The number of nitrogens with zero attached hydrogens (tertiary/aromatic N) is 3. The molecule has 2 aromatic rings. The molecule has 1 aromatic carbocycles. The molecule has 0 saturated heterocycles. The molecule has 7 heteroatoms. The van der Waals surface area contributed by atoms with Crippen LogP contribution in [0.4, 0.5) is 0 Å². The molecule has 1 unspecified atom stereocenters. The van der Waals surface area contributed by atoms with Crippen molar-refractivity contribution in [2.45, 2.75) is 25.5 Å². The Hall–Kier alpha value is -1.89. The van der Waals surface area contributed by atoms with Crippen LogP contribution in [0.5, 0.6) is 5.75 Å². The average Bonchev–Trinajstić information content (AvgIpc) is 2.95. The van der Waals surface area contributed by atoms with Gasteiger partial charge in [-0.1, -0.05) is 21.1 Å². The van der Waals surface area contributed by atoms with Gasteiger partial charge < -0.3 is 9.84 Å². The smallest absolute Gasteiger partial charge is 0.309 e. The van der Waals surface area contributed by atoms with Crippen LogP contribution in [0.2, 0.25) is 0 Å². The van der Waals surface area contributed by atoms with Crippen LogP contribution < -0.4 is 4.74 Å². The number of benzene rings is 1. The van der Waals surface area contributed by atoms with E-state index >= 15 is 0 Å². The van der Waals surface area contributed by atoms with Crippen molar-refractivity contribution in [2.24, 2.45) is 0 Å². The van der Waals surface area contributed by atoms with E-state index in [0.29, 0.717) is 12.2 Å². The molecule has 3 rings (SSSR count). The number of hydrogen-bond donors (Lipinski definition) is 1. The van der Waals surface area contributed by atoms with Crippen LogP contribution in [0, 0.1) is 0 Å². The van der Waals surface area contributed by atoms with Crippen molar-refractivity contribution in [2.75, 3.05) is 0 Å². The maximum Gasteiger partial charge on any atom is 0.309 e. The molecule has 1 N–H and O–H groups in total. The van der Waals surface area contributed by atoms with Crippen molar-refractivity contribution in [1.82, 2.24) is 15.0 Å². The molecular formula is C13H12BrN3O3. The van der Waals surface area contributed by atoms with Crippen LogP contribution in [0.1, 0.15) is 11.3 Å². The summed E-state index contributed by atoms with van der Waals surface area (Å²) in [5.41, 5.74) is 1.62. The number of hydrogen-bond acceptors (Lipinski definition) is 4. The standard InChI is InChI=1S/C13H12BrN3O3/c14-9-1-2-12-8(3-9)4-11(20-12)7-17-6-10(15-16-17)5-13(18)19/h1-3,6,11H,4-5,7H2,(H,18,19). The van der Waals surface area contributed by atoms with Gasteiger partial charge in [0.15, 0.2) is 0 Å². The number of aliphatic carboxylic acids is 1. The Balaban J connectivity index is 1.65. The first-order valence-corrected chi connectivity index (χ1v) is 6.95. The quantitative estimate of drug-likeness (QED) is 0.918. The number of carboxylic acids is 1. The number of carbonyl (C=O) groups is 1. The maximum atomic E-state index is 10.6. The van der Waals surface area contributed by atoms with Crippen LogP contribution in [-0.4, -0.2) is 32.2 Å². The predicted octanol–water partition coefficient (Wildman–Crippen LogP) is 1.67. The molecule has 1 atom stereocenters. The van der Waals surface area contributed by atoms with Gasteiger partial charge in [0.05, 0.1) is 18.7 Å². The lowest BCUT2D eigenvalue weighted by atomic mass is 10.1. The van der Waals surface area contributed by atoms with Crippen LogP contribution in [0.25, 0.3) is 0 Å². The lowest BCUT2D eigenvalue weighted by molar-refractivity contribution is -0.136. The summed E-state index contributed by atoms with van der Waals surface area (Å²) < 4.78 is 8.49. The molecule has 0 aliphatic carbocycles. The number of fused-ring (bicyclic) bond motifs is 1. The lowest BCUT2D eigenvalue weighted by Crippen LogP contribution is -2.21. The van der Waals surface area contributed by atoms with Crippen molar-refractivity contribution in [3.05, 3.63) is 40.1 Å². The van der Waals surface area contributed by atoms with E-state index in [1.807, 2.05) is 18.2 Å². The van der Waals surface area contributed by atoms with Gasteiger partial charge in [0, 0.05) is 17.1 Å². The molecule has 0 bridgehead atoms. The van der Waals surface area contributed by atoms with Gasteiger partial charge in [-0.3, -0.25) is 4.79 Å². The minimum atomic E-state index is -0.911. The highest BCUT2D eigenvalue weighted by Gasteiger charge is 2.23. The number of ether oxygens (including phenoxy) is 1. The van der Waals surface area contributed by atoms with Gasteiger partial charge >= 0.3 is 5.97 Å². The third-order valence-corrected chi connectivity index (χ3v) is 3.57. The Morgan fingerprint density at radius 1 is 1.55 bits per heavy atom. The van der Waals surface area contributed by atoms with E-state index in [1.54, 1.807) is 10.9 Å². The molecule has 104 valence electrons. The first-order valence-electron chi connectivity index (χ1n) is 6.16. The molecule has 1 aliphatic rings. The molecule has 0 saturated carbocycles. The van der Waals surface area contributed by atoms with Crippen LogP contribution in [0.15, 0.2) is 28.9 Å². The van der Waals surface area contributed by atoms with E-state index in [4.69, 9.17) is 9.84 Å². The second kappa shape index (κ2) is 5.24. The highest BCUT2D eigenvalue weighted by molar-refractivity contribution is 9.10. The summed E-state index contributed by atoms with van der Waals surface area (Å²) in [6.07, 6.45) is 2.34. The van der Waals surface area contributed by atoms with Crippen LogP contribution in [-0.2, 0) is 24.2 Å². The molecule has 2 heterocycles. The summed E-state index contributed by atoms with van der Waals surface area (Å²) >= 11 is 3.44. The fraction of sp³-hybridized carbons (Fsp3) is 0.308.